The van der Waals surface area contributed by atoms with Crippen LogP contribution < -0.4 is 9.46 Å². The second-order valence-electron chi connectivity index (χ2n) is 6.17. The van der Waals surface area contributed by atoms with E-state index in [0.29, 0.717) is 12.3 Å². The lowest BCUT2D eigenvalue weighted by Gasteiger charge is -2.17. The maximum atomic E-state index is 12.7. The molecule has 0 spiro atoms. The van der Waals surface area contributed by atoms with Crippen LogP contribution in [0.4, 0.5) is 0 Å². The monoisotopic (exact) mass is 351 g/mol. The number of thiophene rings is 1. The van der Waals surface area contributed by atoms with E-state index < -0.39 is 10.0 Å². The van der Waals surface area contributed by atoms with Crippen LogP contribution in [0.5, 0.6) is 5.75 Å². The van der Waals surface area contributed by atoms with Gasteiger partial charge in [-0.25, -0.2) is 13.1 Å². The molecule has 1 aromatic heterocycles. The highest BCUT2D eigenvalue weighted by atomic mass is 32.2. The molecular formula is C17H21NO3S2. The summed E-state index contributed by atoms with van der Waals surface area (Å²) in [5, 5.41) is 2.04. The molecule has 3 rings (SSSR count). The number of aryl methyl sites for hydroxylation is 2. The zero-order chi connectivity index (χ0) is 16.7. The second-order valence-corrected chi connectivity index (χ2v) is 8.85. The summed E-state index contributed by atoms with van der Waals surface area (Å²) in [6, 6.07) is 7.56. The first-order valence-corrected chi connectivity index (χ1v) is 9.93. The second kappa shape index (κ2) is 5.92. The topological polar surface area (TPSA) is 55.4 Å². The van der Waals surface area contributed by atoms with Crippen molar-refractivity contribution in [3.63, 3.8) is 0 Å². The summed E-state index contributed by atoms with van der Waals surface area (Å²) in [7, 11) is -2.10. The number of rotatable bonds is 6. The average Bonchev–Trinajstić information content (AvgIpc) is 3.11. The van der Waals surface area contributed by atoms with Crippen molar-refractivity contribution < 1.29 is 13.2 Å². The van der Waals surface area contributed by atoms with Crippen molar-refractivity contribution in [2.45, 2.75) is 37.0 Å². The maximum absolute atomic E-state index is 12.7. The number of hydrogen-bond acceptors (Lipinski definition) is 4. The average molecular weight is 351 g/mol. The summed E-state index contributed by atoms with van der Waals surface area (Å²) in [5.74, 6) is 0.390. The summed E-state index contributed by atoms with van der Waals surface area (Å²) in [4.78, 5) is 1.47. The van der Waals surface area contributed by atoms with E-state index in [1.807, 2.05) is 25.3 Å². The van der Waals surface area contributed by atoms with Crippen molar-refractivity contribution in [3.8, 4) is 5.75 Å². The first-order chi connectivity index (χ1) is 10.9. The molecule has 1 saturated carbocycles. The van der Waals surface area contributed by atoms with E-state index in [0.717, 1.165) is 24.0 Å². The molecule has 0 amide bonds. The SMILES string of the molecule is COc1cc(C)c(C)cc1S(=O)(=O)NCC1(c2cccs2)CC1. The van der Waals surface area contributed by atoms with Gasteiger partial charge in [-0.2, -0.15) is 0 Å². The molecule has 0 atom stereocenters. The Morgan fingerprint density at radius 3 is 2.52 bits per heavy atom. The molecule has 1 aliphatic rings. The van der Waals surface area contributed by atoms with Crippen molar-refractivity contribution in [2.24, 2.45) is 0 Å². The predicted octanol–water partition coefficient (Wildman–Crippen LogP) is 3.38. The quantitative estimate of drug-likeness (QED) is 0.868. The number of hydrogen-bond donors (Lipinski definition) is 1. The normalized spacial score (nSPS) is 16.3. The molecule has 0 unspecified atom stereocenters. The predicted molar refractivity (Wildman–Crippen MR) is 92.9 cm³/mol. The van der Waals surface area contributed by atoms with E-state index in [1.165, 1.54) is 12.0 Å². The minimum absolute atomic E-state index is 0.0196. The highest BCUT2D eigenvalue weighted by molar-refractivity contribution is 7.89. The van der Waals surface area contributed by atoms with Crippen LogP contribution in [0, 0.1) is 13.8 Å². The van der Waals surface area contributed by atoms with Crippen molar-refractivity contribution in [1.29, 1.82) is 0 Å². The summed E-state index contributed by atoms with van der Waals surface area (Å²) in [6.45, 7) is 4.28. The number of nitrogens with one attached hydrogen (secondary N) is 1. The number of benzene rings is 1. The Morgan fingerprint density at radius 1 is 1.26 bits per heavy atom. The van der Waals surface area contributed by atoms with E-state index in [-0.39, 0.29) is 10.3 Å². The Labute approximate surface area is 141 Å². The Kier molecular flexibility index (Phi) is 4.25. The zero-order valence-electron chi connectivity index (χ0n) is 13.5. The van der Waals surface area contributed by atoms with Crippen LogP contribution >= 0.6 is 11.3 Å². The van der Waals surface area contributed by atoms with E-state index >= 15 is 0 Å². The first-order valence-electron chi connectivity index (χ1n) is 7.57. The lowest BCUT2D eigenvalue weighted by atomic mass is 10.1. The summed E-state index contributed by atoms with van der Waals surface area (Å²) < 4.78 is 33.5. The molecule has 23 heavy (non-hydrogen) atoms. The molecule has 124 valence electrons. The van der Waals surface area contributed by atoms with Crippen molar-refractivity contribution in [1.82, 2.24) is 4.72 Å². The summed E-state index contributed by atoms with van der Waals surface area (Å²) in [5.41, 5.74) is 1.93. The van der Waals surface area contributed by atoms with Gasteiger partial charge in [-0.3, -0.25) is 0 Å². The van der Waals surface area contributed by atoms with Crippen LogP contribution in [-0.2, 0) is 15.4 Å². The van der Waals surface area contributed by atoms with Gasteiger partial charge >= 0.3 is 0 Å². The third kappa shape index (κ3) is 3.16. The molecule has 4 nitrogen and oxygen atoms in total. The molecule has 6 heteroatoms. The largest absolute Gasteiger partial charge is 0.495 e. The molecule has 0 aliphatic heterocycles. The Hall–Kier alpha value is -1.37. The number of methoxy groups -OCH3 is 1. The Balaban J connectivity index is 1.84. The molecule has 1 aliphatic carbocycles. The Bertz CT molecular complexity index is 807. The highest BCUT2D eigenvalue weighted by Gasteiger charge is 2.45. The van der Waals surface area contributed by atoms with E-state index in [2.05, 4.69) is 10.8 Å². The van der Waals surface area contributed by atoms with Gasteiger partial charge in [-0.05, 0) is 61.4 Å². The van der Waals surface area contributed by atoms with Crippen molar-refractivity contribution in [2.75, 3.05) is 13.7 Å². The smallest absolute Gasteiger partial charge is 0.244 e. The van der Waals surface area contributed by atoms with Crippen LogP contribution in [-0.4, -0.2) is 22.1 Å². The standard InChI is InChI=1S/C17H21NO3S2/c1-12-9-14(21-3)15(10-13(12)2)23(19,20)18-11-17(6-7-17)16-5-4-8-22-16/h4-5,8-10,18H,6-7,11H2,1-3H3. The number of ether oxygens (including phenoxy) is 1. The van der Waals surface area contributed by atoms with Gasteiger partial charge in [0.05, 0.1) is 7.11 Å². The number of sulfonamides is 1. The fourth-order valence-electron chi connectivity index (χ4n) is 2.69. The zero-order valence-corrected chi connectivity index (χ0v) is 15.2. The minimum Gasteiger partial charge on any atom is -0.495 e. The lowest BCUT2D eigenvalue weighted by molar-refractivity contribution is 0.401. The van der Waals surface area contributed by atoms with E-state index in [1.54, 1.807) is 23.5 Å². The molecule has 1 aromatic carbocycles. The first kappa shape index (κ1) is 16.5. The molecule has 0 saturated heterocycles. The van der Waals surface area contributed by atoms with Gasteiger partial charge in [0.1, 0.15) is 10.6 Å². The van der Waals surface area contributed by atoms with Gasteiger partial charge in [0, 0.05) is 16.8 Å². The van der Waals surface area contributed by atoms with Gasteiger partial charge in [-0.1, -0.05) is 6.07 Å². The van der Waals surface area contributed by atoms with Crippen LogP contribution in [0.3, 0.4) is 0 Å². The van der Waals surface area contributed by atoms with E-state index in [9.17, 15) is 8.42 Å². The third-order valence-corrected chi connectivity index (χ3v) is 7.11. The molecule has 2 aromatic rings. The van der Waals surface area contributed by atoms with Gasteiger partial charge in [-0.15, -0.1) is 11.3 Å². The molecule has 0 radical (unpaired) electrons. The van der Waals surface area contributed by atoms with Gasteiger partial charge in [0.2, 0.25) is 10.0 Å². The lowest BCUT2D eigenvalue weighted by Crippen LogP contribution is -2.32. The maximum Gasteiger partial charge on any atom is 0.244 e. The highest BCUT2D eigenvalue weighted by Crippen LogP contribution is 2.49. The summed E-state index contributed by atoms with van der Waals surface area (Å²) >= 11 is 1.69. The fraction of sp³-hybridized carbons (Fsp3) is 0.412. The van der Waals surface area contributed by atoms with Gasteiger partial charge in [0.15, 0.2) is 0 Å². The summed E-state index contributed by atoms with van der Waals surface area (Å²) in [6.07, 6.45) is 2.06. The van der Waals surface area contributed by atoms with Crippen LogP contribution in [0.2, 0.25) is 0 Å². The Morgan fingerprint density at radius 2 is 1.96 bits per heavy atom. The fourth-order valence-corrected chi connectivity index (χ4v) is 5.03. The minimum atomic E-state index is -3.60. The van der Waals surface area contributed by atoms with Crippen LogP contribution in [0.25, 0.3) is 0 Å². The molecular weight excluding hydrogens is 330 g/mol. The van der Waals surface area contributed by atoms with E-state index in [4.69, 9.17) is 4.74 Å². The van der Waals surface area contributed by atoms with Gasteiger partial charge < -0.3 is 4.74 Å². The molecule has 1 fully saturated rings. The molecule has 1 N–H and O–H groups in total. The van der Waals surface area contributed by atoms with Gasteiger partial charge in [0.25, 0.3) is 0 Å². The molecule has 1 heterocycles. The van der Waals surface area contributed by atoms with Crippen molar-refractivity contribution >= 4 is 21.4 Å². The third-order valence-electron chi connectivity index (χ3n) is 4.57. The van der Waals surface area contributed by atoms with Crippen LogP contribution in [0.15, 0.2) is 34.5 Å². The van der Waals surface area contributed by atoms with Crippen LogP contribution in [0.1, 0.15) is 28.8 Å². The molecule has 0 bridgehead atoms. The van der Waals surface area contributed by atoms with Crippen molar-refractivity contribution in [3.05, 3.63) is 45.6 Å².